The van der Waals surface area contributed by atoms with Crippen LogP contribution in [-0.4, -0.2) is 19.7 Å². The third-order valence-corrected chi connectivity index (χ3v) is 4.69. The molecule has 4 rings (SSSR count). The summed E-state index contributed by atoms with van der Waals surface area (Å²) in [5.41, 5.74) is 2.17. The van der Waals surface area contributed by atoms with Gasteiger partial charge < -0.3 is 4.57 Å². The van der Waals surface area contributed by atoms with Gasteiger partial charge in [0.2, 0.25) is 0 Å². The summed E-state index contributed by atoms with van der Waals surface area (Å²) < 4.78 is 2.06. The molecule has 1 aliphatic carbocycles. The van der Waals surface area contributed by atoms with E-state index in [-0.39, 0.29) is 5.41 Å². The van der Waals surface area contributed by atoms with E-state index in [1.165, 1.54) is 5.56 Å². The van der Waals surface area contributed by atoms with Gasteiger partial charge in [-0.2, -0.15) is 0 Å². The Hall–Kier alpha value is -2.20. The normalized spacial score (nSPS) is 15.7. The minimum Gasteiger partial charge on any atom is -0.313 e. The number of aromatic nitrogens is 4. The van der Waals surface area contributed by atoms with E-state index in [1.807, 2.05) is 19.2 Å². The van der Waals surface area contributed by atoms with E-state index in [4.69, 9.17) is 11.6 Å². The molecule has 2 aromatic heterocycles. The molecule has 3 aromatic rings. The Morgan fingerprint density at radius 1 is 1.09 bits per heavy atom. The van der Waals surface area contributed by atoms with Crippen LogP contribution in [0.1, 0.15) is 24.2 Å². The van der Waals surface area contributed by atoms with Gasteiger partial charge in [0.15, 0.2) is 5.82 Å². The molecule has 22 heavy (non-hydrogen) atoms. The van der Waals surface area contributed by atoms with Crippen LogP contribution in [0, 0.1) is 0 Å². The Morgan fingerprint density at radius 3 is 2.55 bits per heavy atom. The van der Waals surface area contributed by atoms with E-state index in [1.54, 1.807) is 12.4 Å². The molecular weight excluding hydrogens is 296 g/mol. The number of nitrogens with zero attached hydrogens (tertiary/aromatic N) is 4. The average Bonchev–Trinajstić information content (AvgIpc) is 3.27. The average molecular weight is 311 g/mol. The first kappa shape index (κ1) is 13.5. The number of pyridine rings is 1. The highest BCUT2D eigenvalue weighted by molar-refractivity contribution is 6.33. The van der Waals surface area contributed by atoms with Crippen molar-refractivity contribution in [2.75, 3.05) is 0 Å². The summed E-state index contributed by atoms with van der Waals surface area (Å²) in [6.07, 6.45) is 5.56. The SMILES string of the molecule is Cn1c(-c2ccncc2Cl)nnc1C1(c2ccccc2)CC1. The summed E-state index contributed by atoms with van der Waals surface area (Å²) in [7, 11) is 2.00. The van der Waals surface area contributed by atoms with Crippen LogP contribution in [0.3, 0.4) is 0 Å². The predicted octanol–water partition coefficient (Wildman–Crippen LogP) is 3.61. The third-order valence-electron chi connectivity index (χ3n) is 4.39. The highest BCUT2D eigenvalue weighted by atomic mass is 35.5. The molecule has 1 aliphatic rings. The van der Waals surface area contributed by atoms with Crippen LogP contribution < -0.4 is 0 Å². The molecule has 0 bridgehead atoms. The fourth-order valence-corrected chi connectivity index (χ4v) is 3.26. The van der Waals surface area contributed by atoms with Crippen molar-refractivity contribution in [2.45, 2.75) is 18.3 Å². The second-order valence-corrected chi connectivity index (χ2v) is 6.12. The molecule has 0 atom stereocenters. The molecular formula is C17H15ClN4. The van der Waals surface area contributed by atoms with E-state index < -0.39 is 0 Å². The van der Waals surface area contributed by atoms with E-state index in [0.29, 0.717) is 5.02 Å². The summed E-state index contributed by atoms with van der Waals surface area (Å²) in [5.74, 6) is 1.78. The molecule has 110 valence electrons. The first-order valence-corrected chi connectivity index (χ1v) is 7.65. The maximum absolute atomic E-state index is 6.24. The number of hydrogen-bond acceptors (Lipinski definition) is 3. The van der Waals surface area contributed by atoms with Gasteiger partial charge in [0.25, 0.3) is 0 Å². The lowest BCUT2D eigenvalue weighted by Gasteiger charge is -2.15. The number of benzene rings is 1. The molecule has 0 amide bonds. The zero-order valence-corrected chi connectivity index (χ0v) is 13.0. The predicted molar refractivity (Wildman–Crippen MR) is 85.7 cm³/mol. The Kier molecular flexibility index (Phi) is 3.01. The molecule has 0 spiro atoms. The van der Waals surface area contributed by atoms with Gasteiger partial charge in [0.1, 0.15) is 5.82 Å². The standard InChI is InChI=1S/C17H15ClN4/c1-22-15(13-7-10-19-11-14(13)18)20-21-16(22)17(8-9-17)12-5-3-2-4-6-12/h2-7,10-11H,8-9H2,1H3. The van der Waals surface area contributed by atoms with Crippen LogP contribution in [0.4, 0.5) is 0 Å². The molecule has 0 aliphatic heterocycles. The van der Waals surface area contributed by atoms with Gasteiger partial charge in [-0.25, -0.2) is 0 Å². The van der Waals surface area contributed by atoms with Gasteiger partial charge in [-0.05, 0) is 24.5 Å². The second kappa shape index (κ2) is 4.92. The van der Waals surface area contributed by atoms with E-state index in [9.17, 15) is 0 Å². The van der Waals surface area contributed by atoms with E-state index >= 15 is 0 Å². The number of hydrogen-bond donors (Lipinski definition) is 0. The zero-order valence-electron chi connectivity index (χ0n) is 12.2. The van der Waals surface area contributed by atoms with Crippen molar-refractivity contribution in [3.63, 3.8) is 0 Å². The van der Waals surface area contributed by atoms with Gasteiger partial charge in [-0.1, -0.05) is 41.9 Å². The number of rotatable bonds is 3. The van der Waals surface area contributed by atoms with Crippen molar-refractivity contribution in [1.82, 2.24) is 19.7 Å². The Labute approximate surface area is 133 Å². The summed E-state index contributed by atoms with van der Waals surface area (Å²) in [4.78, 5) is 4.03. The van der Waals surface area contributed by atoms with E-state index in [2.05, 4.69) is 44.0 Å². The molecule has 0 unspecified atom stereocenters. The highest BCUT2D eigenvalue weighted by Gasteiger charge is 2.49. The Bertz CT molecular complexity index is 822. The first-order chi connectivity index (χ1) is 10.7. The van der Waals surface area contributed by atoms with Crippen LogP contribution in [0.2, 0.25) is 5.02 Å². The van der Waals surface area contributed by atoms with Crippen molar-refractivity contribution >= 4 is 11.6 Å². The lowest BCUT2D eigenvalue weighted by atomic mass is 9.95. The van der Waals surface area contributed by atoms with Crippen molar-refractivity contribution in [1.29, 1.82) is 0 Å². The third kappa shape index (κ3) is 1.95. The van der Waals surface area contributed by atoms with Crippen molar-refractivity contribution in [3.05, 3.63) is 65.2 Å². The molecule has 4 nitrogen and oxygen atoms in total. The minimum absolute atomic E-state index is 0.000760. The van der Waals surface area contributed by atoms with Gasteiger partial charge in [0.05, 0.1) is 10.4 Å². The lowest BCUT2D eigenvalue weighted by Crippen LogP contribution is -2.15. The van der Waals surface area contributed by atoms with Crippen LogP contribution in [-0.2, 0) is 12.5 Å². The topological polar surface area (TPSA) is 43.6 Å². The monoisotopic (exact) mass is 310 g/mol. The fraction of sp³-hybridized carbons (Fsp3) is 0.235. The van der Waals surface area contributed by atoms with Crippen LogP contribution in [0.5, 0.6) is 0 Å². The quantitative estimate of drug-likeness (QED) is 0.742. The van der Waals surface area contributed by atoms with Crippen molar-refractivity contribution in [2.24, 2.45) is 7.05 Å². The molecule has 1 saturated carbocycles. The highest BCUT2D eigenvalue weighted by Crippen LogP contribution is 2.52. The van der Waals surface area contributed by atoms with Gasteiger partial charge >= 0.3 is 0 Å². The molecule has 1 fully saturated rings. The lowest BCUT2D eigenvalue weighted by molar-refractivity contribution is 0.694. The van der Waals surface area contributed by atoms with Gasteiger partial charge in [-0.3, -0.25) is 4.98 Å². The van der Waals surface area contributed by atoms with Crippen LogP contribution >= 0.6 is 11.6 Å². The maximum atomic E-state index is 6.24. The van der Waals surface area contributed by atoms with Gasteiger partial charge in [-0.15, -0.1) is 10.2 Å². The van der Waals surface area contributed by atoms with Crippen molar-refractivity contribution in [3.8, 4) is 11.4 Å². The molecule has 1 aromatic carbocycles. The largest absolute Gasteiger partial charge is 0.313 e. The Morgan fingerprint density at radius 2 is 1.86 bits per heavy atom. The fourth-order valence-electron chi connectivity index (χ4n) is 3.06. The summed E-state index contributed by atoms with van der Waals surface area (Å²) in [5, 5.41) is 9.45. The molecule has 2 heterocycles. The first-order valence-electron chi connectivity index (χ1n) is 7.28. The smallest absolute Gasteiger partial charge is 0.165 e. The maximum Gasteiger partial charge on any atom is 0.165 e. The summed E-state index contributed by atoms with van der Waals surface area (Å²) in [6.45, 7) is 0. The van der Waals surface area contributed by atoms with Gasteiger partial charge in [0, 0.05) is 25.0 Å². The zero-order chi connectivity index (χ0) is 15.2. The van der Waals surface area contributed by atoms with Crippen molar-refractivity contribution < 1.29 is 0 Å². The molecule has 5 heteroatoms. The minimum atomic E-state index is 0.000760. The van der Waals surface area contributed by atoms with E-state index in [0.717, 1.165) is 30.1 Å². The second-order valence-electron chi connectivity index (χ2n) is 5.71. The van der Waals surface area contributed by atoms with Crippen LogP contribution in [0.15, 0.2) is 48.8 Å². The molecule has 0 N–H and O–H groups in total. The summed E-state index contributed by atoms with van der Waals surface area (Å²) >= 11 is 6.24. The molecule has 0 radical (unpaired) electrons. The summed E-state index contributed by atoms with van der Waals surface area (Å²) in [6, 6.07) is 12.4. The number of halogens is 1. The molecule has 0 saturated heterocycles. The van der Waals surface area contributed by atoms with Crippen LogP contribution in [0.25, 0.3) is 11.4 Å². The Balaban J connectivity index is 1.82.